The van der Waals surface area contributed by atoms with Crippen molar-refractivity contribution < 1.29 is 14.3 Å². The highest BCUT2D eigenvalue weighted by Gasteiger charge is 2.33. The highest BCUT2D eigenvalue weighted by Crippen LogP contribution is 2.42. The minimum Gasteiger partial charge on any atom is -0.478 e. The highest BCUT2D eigenvalue weighted by atomic mass is 32.1. The molecule has 28 heavy (non-hydrogen) atoms. The first-order chi connectivity index (χ1) is 13.8. The Labute approximate surface area is 166 Å². The molecule has 2 aliphatic heterocycles. The van der Waals surface area contributed by atoms with Crippen molar-refractivity contribution in [2.24, 2.45) is 0 Å². The first-order valence-corrected chi connectivity index (χ1v) is 10.0. The number of pyridine rings is 1. The van der Waals surface area contributed by atoms with Crippen molar-refractivity contribution in [2.45, 2.75) is 13.0 Å². The van der Waals surface area contributed by atoms with Crippen LogP contribution in [0.1, 0.15) is 26.4 Å². The summed E-state index contributed by atoms with van der Waals surface area (Å²) in [5, 5.41) is 2.10. The molecule has 0 radical (unpaired) electrons. The Kier molecular flexibility index (Phi) is 4.43. The van der Waals surface area contributed by atoms with Crippen LogP contribution in [-0.4, -0.2) is 28.9 Å². The Hall–Kier alpha value is -2.96. The zero-order valence-electron chi connectivity index (χ0n) is 15.1. The van der Waals surface area contributed by atoms with Crippen LogP contribution in [0.25, 0.3) is 6.08 Å². The number of ketones is 1. The summed E-state index contributed by atoms with van der Waals surface area (Å²) in [6.07, 6.45) is 6.13. The molecule has 6 heteroatoms. The molecule has 5 nitrogen and oxygen atoms in total. The Balaban J connectivity index is 1.39. The number of hydrogen-bond acceptors (Lipinski definition) is 6. The van der Waals surface area contributed by atoms with Crippen LogP contribution >= 0.6 is 11.3 Å². The van der Waals surface area contributed by atoms with Crippen LogP contribution in [-0.2, 0) is 13.0 Å². The lowest BCUT2D eigenvalue weighted by Gasteiger charge is -2.29. The monoisotopic (exact) mass is 390 g/mol. The van der Waals surface area contributed by atoms with Crippen molar-refractivity contribution in [2.75, 3.05) is 13.3 Å². The van der Waals surface area contributed by atoms with E-state index in [1.807, 2.05) is 18.2 Å². The quantitative estimate of drug-likeness (QED) is 0.627. The van der Waals surface area contributed by atoms with E-state index in [2.05, 4.69) is 27.4 Å². The first kappa shape index (κ1) is 17.2. The van der Waals surface area contributed by atoms with E-state index in [-0.39, 0.29) is 5.78 Å². The predicted molar refractivity (Wildman–Crippen MR) is 108 cm³/mol. The normalized spacial score (nSPS) is 17.1. The van der Waals surface area contributed by atoms with Gasteiger partial charge in [-0.25, -0.2) is 0 Å². The number of rotatable bonds is 4. The summed E-state index contributed by atoms with van der Waals surface area (Å²) in [6.45, 7) is 2.15. The van der Waals surface area contributed by atoms with Crippen molar-refractivity contribution in [3.8, 4) is 11.5 Å². The molecule has 0 unspecified atom stereocenters. The van der Waals surface area contributed by atoms with Crippen LogP contribution in [0, 0.1) is 0 Å². The fourth-order valence-corrected chi connectivity index (χ4v) is 4.18. The Morgan fingerprint density at radius 3 is 3.00 bits per heavy atom. The molecule has 0 bridgehead atoms. The maximum atomic E-state index is 12.8. The third-order valence-corrected chi connectivity index (χ3v) is 5.86. The van der Waals surface area contributed by atoms with E-state index in [1.165, 1.54) is 4.88 Å². The zero-order chi connectivity index (χ0) is 18.9. The largest absolute Gasteiger partial charge is 0.478 e. The molecule has 0 saturated carbocycles. The molecular weight excluding hydrogens is 372 g/mol. The number of carbonyl (C=O) groups is 1. The molecule has 0 spiro atoms. The topological polar surface area (TPSA) is 51.7 Å². The van der Waals surface area contributed by atoms with Crippen molar-refractivity contribution in [3.63, 3.8) is 0 Å². The number of carbonyl (C=O) groups excluding carboxylic acids is 1. The number of fused-ring (bicyclic) bond motifs is 3. The summed E-state index contributed by atoms with van der Waals surface area (Å²) in [4.78, 5) is 20.5. The number of thiophene rings is 1. The average molecular weight is 390 g/mol. The van der Waals surface area contributed by atoms with E-state index in [0.29, 0.717) is 30.3 Å². The highest BCUT2D eigenvalue weighted by molar-refractivity contribution is 7.09. The number of ether oxygens (including phenoxy) is 2. The van der Waals surface area contributed by atoms with Gasteiger partial charge in [0.25, 0.3) is 0 Å². The van der Waals surface area contributed by atoms with Gasteiger partial charge in [0.15, 0.2) is 5.76 Å². The molecule has 0 atom stereocenters. The summed E-state index contributed by atoms with van der Waals surface area (Å²) < 4.78 is 11.9. The molecule has 140 valence electrons. The van der Waals surface area contributed by atoms with Gasteiger partial charge in [-0.15, -0.1) is 11.3 Å². The molecule has 2 aromatic heterocycles. The van der Waals surface area contributed by atoms with Gasteiger partial charge in [0.2, 0.25) is 5.78 Å². The lowest BCUT2D eigenvalue weighted by atomic mass is 10.0. The van der Waals surface area contributed by atoms with Gasteiger partial charge in [-0.1, -0.05) is 12.1 Å². The molecular formula is C22H18N2O3S. The fourth-order valence-electron chi connectivity index (χ4n) is 3.48. The summed E-state index contributed by atoms with van der Waals surface area (Å²) in [7, 11) is 0. The maximum Gasteiger partial charge on any atom is 0.231 e. The molecule has 0 fully saturated rings. The Morgan fingerprint density at radius 1 is 1.21 bits per heavy atom. The van der Waals surface area contributed by atoms with Crippen LogP contribution in [0.5, 0.6) is 11.5 Å². The van der Waals surface area contributed by atoms with Gasteiger partial charge in [-0.3, -0.25) is 14.7 Å². The molecule has 2 aliphatic rings. The average Bonchev–Trinajstić information content (AvgIpc) is 3.36. The Bertz CT molecular complexity index is 1050. The molecule has 0 saturated heterocycles. The third-order valence-electron chi connectivity index (χ3n) is 4.92. The lowest BCUT2D eigenvalue weighted by molar-refractivity contribution is 0.0951. The second kappa shape index (κ2) is 7.22. The molecule has 4 heterocycles. The van der Waals surface area contributed by atoms with E-state index < -0.39 is 0 Å². The summed E-state index contributed by atoms with van der Waals surface area (Å²) in [5.74, 6) is 1.64. The van der Waals surface area contributed by atoms with Crippen LogP contribution in [0.3, 0.4) is 0 Å². The standard InChI is InChI=1S/C22H18N2O3S/c25-21-17-5-6-19-18(13-24(14-26-19)9-7-16-4-2-10-28-16)22(17)27-20(21)11-15-3-1-8-23-12-15/h1-6,8,10-12H,7,9,13-14H2/b20-11+. The van der Waals surface area contributed by atoms with E-state index in [0.717, 1.165) is 29.8 Å². The maximum absolute atomic E-state index is 12.8. The van der Waals surface area contributed by atoms with Crippen LogP contribution in [0.4, 0.5) is 0 Å². The number of aromatic nitrogens is 1. The van der Waals surface area contributed by atoms with E-state index in [4.69, 9.17) is 9.47 Å². The Morgan fingerprint density at radius 2 is 2.18 bits per heavy atom. The summed E-state index contributed by atoms with van der Waals surface area (Å²) >= 11 is 1.77. The van der Waals surface area contributed by atoms with E-state index in [9.17, 15) is 4.79 Å². The van der Waals surface area contributed by atoms with E-state index in [1.54, 1.807) is 35.9 Å². The first-order valence-electron chi connectivity index (χ1n) is 9.15. The van der Waals surface area contributed by atoms with E-state index >= 15 is 0 Å². The SMILES string of the molecule is O=C1/C(=C\c2cccnc2)Oc2c1ccc1c2CN(CCc2cccs2)CO1. The van der Waals surface area contributed by atoms with Gasteiger partial charge in [-0.2, -0.15) is 0 Å². The summed E-state index contributed by atoms with van der Waals surface area (Å²) in [6, 6.07) is 11.6. The minimum atomic E-state index is -0.0997. The fraction of sp³-hybridized carbons (Fsp3) is 0.182. The van der Waals surface area contributed by atoms with Crippen molar-refractivity contribution in [3.05, 3.63) is 81.5 Å². The van der Waals surface area contributed by atoms with Gasteiger partial charge >= 0.3 is 0 Å². The molecule has 0 N–H and O–H groups in total. The van der Waals surface area contributed by atoms with Gasteiger partial charge in [-0.05, 0) is 47.7 Å². The van der Waals surface area contributed by atoms with Gasteiger partial charge in [0, 0.05) is 30.4 Å². The molecule has 0 aliphatic carbocycles. The number of Topliss-reactive ketones (excluding diaryl/α,β-unsaturated/α-hetero) is 1. The minimum absolute atomic E-state index is 0.0997. The third kappa shape index (κ3) is 3.21. The van der Waals surface area contributed by atoms with Crippen molar-refractivity contribution in [1.29, 1.82) is 0 Å². The molecule has 0 amide bonds. The number of benzene rings is 1. The second-order valence-corrected chi connectivity index (χ2v) is 7.83. The zero-order valence-corrected chi connectivity index (χ0v) is 15.9. The molecule has 3 aromatic rings. The van der Waals surface area contributed by atoms with Gasteiger partial charge in [0.05, 0.1) is 11.1 Å². The van der Waals surface area contributed by atoms with Crippen molar-refractivity contribution >= 4 is 23.2 Å². The summed E-state index contributed by atoms with van der Waals surface area (Å²) in [5.41, 5.74) is 2.37. The van der Waals surface area contributed by atoms with Gasteiger partial charge in [0.1, 0.15) is 18.2 Å². The lowest BCUT2D eigenvalue weighted by Crippen LogP contribution is -2.33. The number of nitrogens with zero attached hydrogens (tertiary/aromatic N) is 2. The van der Waals surface area contributed by atoms with Gasteiger partial charge < -0.3 is 9.47 Å². The van der Waals surface area contributed by atoms with Crippen molar-refractivity contribution in [1.82, 2.24) is 9.88 Å². The number of hydrogen-bond donors (Lipinski definition) is 0. The smallest absolute Gasteiger partial charge is 0.231 e. The molecule has 5 rings (SSSR count). The predicted octanol–water partition coefficient (Wildman–Crippen LogP) is 4.15. The van der Waals surface area contributed by atoms with Crippen LogP contribution in [0.15, 0.2) is 59.9 Å². The van der Waals surface area contributed by atoms with Crippen LogP contribution < -0.4 is 9.47 Å². The number of allylic oxidation sites excluding steroid dienone is 1. The second-order valence-electron chi connectivity index (χ2n) is 6.80. The molecule has 1 aromatic carbocycles. The van der Waals surface area contributed by atoms with Crippen LogP contribution in [0.2, 0.25) is 0 Å².